The van der Waals surface area contributed by atoms with Crippen LogP contribution in [0.2, 0.25) is 0 Å². The van der Waals surface area contributed by atoms with E-state index in [1.54, 1.807) is 0 Å². The van der Waals surface area contributed by atoms with Crippen molar-refractivity contribution in [3.05, 3.63) is 34.6 Å². The third-order valence-corrected chi connectivity index (χ3v) is 3.78. The molecule has 2 N–H and O–H groups in total. The van der Waals surface area contributed by atoms with Crippen molar-refractivity contribution < 1.29 is 9.53 Å². The quantitative estimate of drug-likeness (QED) is 0.593. The first-order valence-corrected chi connectivity index (χ1v) is 6.18. The van der Waals surface area contributed by atoms with Gasteiger partial charge in [0.1, 0.15) is 0 Å². The fourth-order valence-electron chi connectivity index (χ4n) is 2.13. The van der Waals surface area contributed by atoms with Gasteiger partial charge in [-0.05, 0) is 30.4 Å². The number of carbonyl (C=O) groups is 1. The number of hydrogen-bond donors (Lipinski definition) is 1. The number of ether oxygens (including phenoxy) is 1. The van der Waals surface area contributed by atoms with Crippen molar-refractivity contribution >= 4 is 21.9 Å². The number of methoxy groups -OCH3 is 1. The summed E-state index contributed by atoms with van der Waals surface area (Å²) in [6.07, 6.45) is 6.91. The van der Waals surface area contributed by atoms with Gasteiger partial charge in [-0.1, -0.05) is 28.1 Å². The molecule has 2 aliphatic rings. The minimum absolute atomic E-state index is 0.167. The van der Waals surface area contributed by atoms with Gasteiger partial charge < -0.3 is 10.5 Å². The van der Waals surface area contributed by atoms with Crippen LogP contribution in [0, 0.1) is 0 Å². The molecule has 1 atom stereocenters. The number of alkyl halides is 1. The third kappa shape index (κ3) is 1.82. The van der Waals surface area contributed by atoms with Crippen LogP contribution < -0.4 is 5.73 Å². The summed E-state index contributed by atoms with van der Waals surface area (Å²) < 4.78 is 4.74. The largest absolute Gasteiger partial charge is 0.466 e. The standard InChI is InChI=1S/C12H14BrNO2/c1-16-12(15)9-6-10(13)7-4-2-3-5-8(7)11(9)14/h4-5,10H,2-3,6,14H2,1H3. The fraction of sp³-hybridized carbons (Fsp3) is 0.417. The topological polar surface area (TPSA) is 52.3 Å². The van der Waals surface area contributed by atoms with Gasteiger partial charge in [0, 0.05) is 10.5 Å². The van der Waals surface area contributed by atoms with Gasteiger partial charge in [0.25, 0.3) is 0 Å². The highest BCUT2D eigenvalue weighted by atomic mass is 79.9. The maximum atomic E-state index is 11.6. The van der Waals surface area contributed by atoms with E-state index >= 15 is 0 Å². The van der Waals surface area contributed by atoms with Crippen molar-refractivity contribution in [3.8, 4) is 0 Å². The van der Waals surface area contributed by atoms with Crippen molar-refractivity contribution in [1.82, 2.24) is 0 Å². The second-order valence-electron chi connectivity index (χ2n) is 3.91. The smallest absolute Gasteiger partial charge is 0.335 e. The predicted octanol–water partition coefficient (Wildman–Crippen LogP) is 2.19. The second-order valence-corrected chi connectivity index (χ2v) is 5.02. The van der Waals surface area contributed by atoms with Crippen LogP contribution in [-0.4, -0.2) is 17.9 Å². The zero-order valence-electron chi connectivity index (χ0n) is 9.13. The average molecular weight is 284 g/mol. The minimum atomic E-state index is -0.326. The van der Waals surface area contributed by atoms with E-state index in [1.165, 1.54) is 12.7 Å². The Labute approximate surface area is 103 Å². The lowest BCUT2D eigenvalue weighted by atomic mass is 9.84. The normalized spacial score (nSPS) is 24.5. The lowest BCUT2D eigenvalue weighted by Crippen LogP contribution is -2.25. The van der Waals surface area contributed by atoms with Crippen LogP contribution in [0.4, 0.5) is 0 Å². The Morgan fingerprint density at radius 2 is 2.19 bits per heavy atom. The molecule has 0 saturated carbocycles. The van der Waals surface area contributed by atoms with E-state index in [2.05, 4.69) is 28.1 Å². The van der Waals surface area contributed by atoms with Crippen LogP contribution in [0.25, 0.3) is 0 Å². The summed E-state index contributed by atoms with van der Waals surface area (Å²) in [4.78, 5) is 11.7. The van der Waals surface area contributed by atoms with Crippen molar-refractivity contribution in [2.45, 2.75) is 24.1 Å². The zero-order valence-corrected chi connectivity index (χ0v) is 10.7. The van der Waals surface area contributed by atoms with Gasteiger partial charge in [0.2, 0.25) is 0 Å². The average Bonchev–Trinajstić information content (AvgIpc) is 2.33. The highest BCUT2D eigenvalue weighted by molar-refractivity contribution is 9.09. The molecule has 16 heavy (non-hydrogen) atoms. The molecule has 0 radical (unpaired) electrons. The summed E-state index contributed by atoms with van der Waals surface area (Å²) in [5.74, 6) is -0.326. The molecule has 2 aliphatic carbocycles. The van der Waals surface area contributed by atoms with Crippen LogP contribution in [0.15, 0.2) is 34.6 Å². The van der Waals surface area contributed by atoms with Crippen LogP contribution in [0.3, 0.4) is 0 Å². The monoisotopic (exact) mass is 283 g/mol. The molecule has 0 heterocycles. The first-order valence-electron chi connectivity index (χ1n) is 5.27. The first-order chi connectivity index (χ1) is 7.65. The summed E-state index contributed by atoms with van der Waals surface area (Å²) in [6, 6.07) is 0. The van der Waals surface area contributed by atoms with Gasteiger partial charge in [-0.25, -0.2) is 4.79 Å². The molecule has 0 saturated heterocycles. The van der Waals surface area contributed by atoms with Crippen LogP contribution in [-0.2, 0) is 9.53 Å². The van der Waals surface area contributed by atoms with Crippen molar-refractivity contribution in [2.75, 3.05) is 7.11 Å². The molecule has 3 nitrogen and oxygen atoms in total. The van der Waals surface area contributed by atoms with Gasteiger partial charge >= 0.3 is 5.97 Å². The Kier molecular flexibility index (Phi) is 3.19. The first kappa shape index (κ1) is 11.5. The summed E-state index contributed by atoms with van der Waals surface area (Å²) in [5, 5.41) is 0. The van der Waals surface area contributed by atoms with E-state index in [9.17, 15) is 4.79 Å². The Morgan fingerprint density at radius 3 is 2.88 bits per heavy atom. The van der Waals surface area contributed by atoms with E-state index in [1.807, 2.05) is 0 Å². The second kappa shape index (κ2) is 4.45. The van der Waals surface area contributed by atoms with E-state index in [0.717, 1.165) is 18.4 Å². The summed E-state index contributed by atoms with van der Waals surface area (Å²) in [6.45, 7) is 0. The highest BCUT2D eigenvalue weighted by Crippen LogP contribution is 2.38. The molecule has 4 heteroatoms. The van der Waals surface area contributed by atoms with Crippen molar-refractivity contribution in [3.63, 3.8) is 0 Å². The van der Waals surface area contributed by atoms with E-state index in [0.29, 0.717) is 17.7 Å². The molecule has 0 aliphatic heterocycles. The molecule has 0 bridgehead atoms. The van der Waals surface area contributed by atoms with Crippen LogP contribution >= 0.6 is 15.9 Å². The Balaban J connectivity index is 2.45. The number of rotatable bonds is 1. The number of carbonyl (C=O) groups excluding carboxylic acids is 1. The number of nitrogens with two attached hydrogens (primary N) is 1. The number of esters is 1. The molecule has 0 fully saturated rings. The molecule has 0 aromatic rings. The zero-order chi connectivity index (χ0) is 11.7. The van der Waals surface area contributed by atoms with Gasteiger partial charge in [0.15, 0.2) is 0 Å². The Hall–Kier alpha value is -1.03. The Bertz CT molecular complexity index is 421. The predicted molar refractivity (Wildman–Crippen MR) is 66.0 cm³/mol. The van der Waals surface area contributed by atoms with E-state index < -0.39 is 0 Å². The molecular weight excluding hydrogens is 270 g/mol. The highest BCUT2D eigenvalue weighted by Gasteiger charge is 2.30. The molecule has 0 spiro atoms. The van der Waals surface area contributed by atoms with Crippen molar-refractivity contribution in [2.24, 2.45) is 5.73 Å². The number of allylic oxidation sites excluding steroid dienone is 3. The summed E-state index contributed by atoms with van der Waals surface area (Å²) in [7, 11) is 1.38. The fourth-order valence-corrected chi connectivity index (χ4v) is 2.89. The number of hydrogen-bond acceptors (Lipinski definition) is 3. The Morgan fingerprint density at radius 1 is 1.50 bits per heavy atom. The maximum Gasteiger partial charge on any atom is 0.335 e. The van der Waals surface area contributed by atoms with Gasteiger partial charge in [-0.2, -0.15) is 0 Å². The molecular formula is C12H14BrNO2. The van der Waals surface area contributed by atoms with Crippen LogP contribution in [0.5, 0.6) is 0 Å². The molecule has 0 amide bonds. The third-order valence-electron chi connectivity index (χ3n) is 2.96. The lowest BCUT2D eigenvalue weighted by molar-refractivity contribution is -0.136. The summed E-state index contributed by atoms with van der Waals surface area (Å²) in [5.41, 5.74) is 9.38. The van der Waals surface area contributed by atoms with Crippen molar-refractivity contribution in [1.29, 1.82) is 0 Å². The maximum absolute atomic E-state index is 11.6. The number of halogens is 1. The molecule has 0 aromatic heterocycles. The minimum Gasteiger partial charge on any atom is -0.466 e. The van der Waals surface area contributed by atoms with E-state index in [4.69, 9.17) is 10.5 Å². The van der Waals surface area contributed by atoms with Gasteiger partial charge in [-0.15, -0.1) is 0 Å². The molecule has 1 unspecified atom stereocenters. The van der Waals surface area contributed by atoms with E-state index in [-0.39, 0.29) is 10.8 Å². The number of fused-ring (bicyclic) bond motifs is 1. The molecule has 0 aromatic carbocycles. The van der Waals surface area contributed by atoms with Crippen LogP contribution in [0.1, 0.15) is 19.3 Å². The summed E-state index contributed by atoms with van der Waals surface area (Å²) >= 11 is 3.59. The van der Waals surface area contributed by atoms with Gasteiger partial charge in [0.05, 0.1) is 12.7 Å². The SMILES string of the molecule is COC(=O)C1=C(N)C2=CCCC=C2C(Br)C1. The van der Waals surface area contributed by atoms with Gasteiger partial charge in [-0.3, -0.25) is 0 Å². The molecule has 2 rings (SSSR count). The molecule has 86 valence electrons. The lowest BCUT2D eigenvalue weighted by Gasteiger charge is -2.28.